The molecule has 2 heteroatoms. The van der Waals surface area contributed by atoms with Gasteiger partial charge in [-0.2, -0.15) is 0 Å². The van der Waals surface area contributed by atoms with Crippen molar-refractivity contribution < 1.29 is 4.74 Å². The highest BCUT2D eigenvalue weighted by atomic mass is 16.5. The third-order valence-electron chi connectivity index (χ3n) is 3.89. The normalized spacial score (nSPS) is 24.7. The molecule has 0 aromatic heterocycles. The first kappa shape index (κ1) is 16.0. The molecule has 0 bridgehead atoms. The van der Waals surface area contributed by atoms with Crippen LogP contribution >= 0.6 is 0 Å². The lowest BCUT2D eigenvalue weighted by molar-refractivity contribution is 0.107. The first-order chi connectivity index (χ1) is 8.72. The van der Waals surface area contributed by atoms with Crippen molar-refractivity contribution in [3.8, 4) is 0 Å². The minimum absolute atomic E-state index is 0.659. The third kappa shape index (κ3) is 7.38. The molecule has 0 aromatic carbocycles. The summed E-state index contributed by atoms with van der Waals surface area (Å²) in [5.41, 5.74) is 0. The van der Waals surface area contributed by atoms with Gasteiger partial charge in [0.05, 0.1) is 0 Å². The molecule has 108 valence electrons. The Labute approximate surface area is 114 Å². The van der Waals surface area contributed by atoms with Crippen LogP contribution in [0.5, 0.6) is 0 Å². The molecule has 2 nitrogen and oxygen atoms in total. The summed E-state index contributed by atoms with van der Waals surface area (Å²) in [4.78, 5) is 0. The van der Waals surface area contributed by atoms with Crippen LogP contribution in [0.1, 0.15) is 65.7 Å². The van der Waals surface area contributed by atoms with E-state index in [9.17, 15) is 0 Å². The van der Waals surface area contributed by atoms with Crippen LogP contribution in [0.2, 0.25) is 0 Å². The van der Waals surface area contributed by atoms with Gasteiger partial charge in [0.2, 0.25) is 0 Å². The Morgan fingerprint density at radius 2 is 1.89 bits per heavy atom. The maximum Gasteiger partial charge on any atom is 0.0489 e. The summed E-state index contributed by atoms with van der Waals surface area (Å²) in [5.74, 6) is 1.68. The van der Waals surface area contributed by atoms with Gasteiger partial charge in [-0.05, 0) is 50.5 Å². The van der Waals surface area contributed by atoms with E-state index >= 15 is 0 Å². The molecule has 1 aliphatic carbocycles. The average Bonchev–Trinajstić information content (AvgIpc) is 2.35. The second kappa shape index (κ2) is 9.80. The molecular weight excluding hydrogens is 222 g/mol. The van der Waals surface area contributed by atoms with Gasteiger partial charge in [0.25, 0.3) is 0 Å². The SMILES string of the molecule is CCCC1CCC(NCCCOCC(C)C)CC1. The van der Waals surface area contributed by atoms with Crippen molar-refractivity contribution in [3.63, 3.8) is 0 Å². The Kier molecular flexibility index (Phi) is 8.70. The van der Waals surface area contributed by atoms with Gasteiger partial charge in [-0.3, -0.25) is 0 Å². The van der Waals surface area contributed by atoms with Crippen molar-refractivity contribution in [2.45, 2.75) is 71.8 Å². The van der Waals surface area contributed by atoms with Crippen LogP contribution in [0.15, 0.2) is 0 Å². The maximum atomic E-state index is 5.59. The fourth-order valence-corrected chi connectivity index (χ4v) is 2.86. The summed E-state index contributed by atoms with van der Waals surface area (Å²) in [6, 6.07) is 0.781. The van der Waals surface area contributed by atoms with Gasteiger partial charge >= 0.3 is 0 Å². The molecule has 0 atom stereocenters. The van der Waals surface area contributed by atoms with E-state index in [1.165, 1.54) is 38.5 Å². The monoisotopic (exact) mass is 255 g/mol. The molecule has 1 rings (SSSR count). The molecule has 0 heterocycles. The van der Waals surface area contributed by atoms with Crippen molar-refractivity contribution in [2.75, 3.05) is 19.8 Å². The summed E-state index contributed by atoms with van der Waals surface area (Å²) < 4.78 is 5.59. The van der Waals surface area contributed by atoms with E-state index in [0.717, 1.165) is 38.1 Å². The first-order valence-electron chi connectivity index (χ1n) is 8.03. The van der Waals surface area contributed by atoms with Crippen molar-refractivity contribution in [1.82, 2.24) is 5.32 Å². The van der Waals surface area contributed by atoms with Gasteiger partial charge in [-0.15, -0.1) is 0 Å². The lowest BCUT2D eigenvalue weighted by atomic mass is 9.83. The molecule has 0 saturated heterocycles. The highest BCUT2D eigenvalue weighted by molar-refractivity contribution is 4.76. The van der Waals surface area contributed by atoms with Gasteiger partial charge in [0.1, 0.15) is 0 Å². The minimum atomic E-state index is 0.659. The van der Waals surface area contributed by atoms with Crippen LogP contribution in [0.25, 0.3) is 0 Å². The fourth-order valence-electron chi connectivity index (χ4n) is 2.86. The van der Waals surface area contributed by atoms with Crippen LogP contribution in [-0.2, 0) is 4.74 Å². The zero-order valence-electron chi connectivity index (χ0n) is 12.7. The van der Waals surface area contributed by atoms with Crippen LogP contribution < -0.4 is 5.32 Å². The highest BCUT2D eigenvalue weighted by Crippen LogP contribution is 2.27. The summed E-state index contributed by atoms with van der Waals surface area (Å²) >= 11 is 0. The van der Waals surface area contributed by atoms with Gasteiger partial charge < -0.3 is 10.1 Å². The second-order valence-corrected chi connectivity index (χ2v) is 6.28. The highest BCUT2D eigenvalue weighted by Gasteiger charge is 2.19. The molecule has 0 aliphatic heterocycles. The van der Waals surface area contributed by atoms with Crippen molar-refractivity contribution in [3.05, 3.63) is 0 Å². The average molecular weight is 255 g/mol. The minimum Gasteiger partial charge on any atom is -0.381 e. The molecular formula is C16H33NO. The smallest absolute Gasteiger partial charge is 0.0489 e. The van der Waals surface area contributed by atoms with E-state index in [2.05, 4.69) is 26.1 Å². The Hall–Kier alpha value is -0.0800. The predicted molar refractivity (Wildman–Crippen MR) is 78.9 cm³/mol. The molecule has 1 N–H and O–H groups in total. The maximum absolute atomic E-state index is 5.59. The summed E-state index contributed by atoms with van der Waals surface area (Å²) in [6.07, 6.45) is 9.60. The van der Waals surface area contributed by atoms with E-state index in [4.69, 9.17) is 4.74 Å². The van der Waals surface area contributed by atoms with Crippen molar-refractivity contribution in [1.29, 1.82) is 0 Å². The Morgan fingerprint density at radius 1 is 1.17 bits per heavy atom. The van der Waals surface area contributed by atoms with Crippen LogP contribution in [0, 0.1) is 11.8 Å². The lowest BCUT2D eigenvalue weighted by Crippen LogP contribution is -2.34. The first-order valence-corrected chi connectivity index (χ1v) is 8.03. The fraction of sp³-hybridized carbons (Fsp3) is 1.00. The van der Waals surface area contributed by atoms with Crippen LogP contribution in [0.4, 0.5) is 0 Å². The molecule has 0 aromatic rings. The van der Waals surface area contributed by atoms with E-state index < -0.39 is 0 Å². The molecule has 0 amide bonds. The Balaban J connectivity index is 1.91. The van der Waals surface area contributed by atoms with Crippen molar-refractivity contribution >= 4 is 0 Å². The molecule has 0 radical (unpaired) electrons. The largest absolute Gasteiger partial charge is 0.381 e. The molecule has 1 aliphatic rings. The van der Waals surface area contributed by atoms with Gasteiger partial charge in [-0.1, -0.05) is 33.6 Å². The third-order valence-corrected chi connectivity index (χ3v) is 3.89. The van der Waals surface area contributed by atoms with E-state index in [1.54, 1.807) is 0 Å². The number of nitrogens with one attached hydrogen (secondary N) is 1. The standard InChI is InChI=1S/C16H33NO/c1-4-6-15-7-9-16(10-8-15)17-11-5-12-18-13-14(2)3/h14-17H,4-13H2,1-3H3. The van der Waals surface area contributed by atoms with Gasteiger partial charge in [0.15, 0.2) is 0 Å². The Morgan fingerprint density at radius 3 is 2.50 bits per heavy atom. The quantitative estimate of drug-likeness (QED) is 0.629. The zero-order valence-corrected chi connectivity index (χ0v) is 12.7. The number of rotatable bonds is 9. The molecule has 1 fully saturated rings. The molecule has 0 spiro atoms. The Bertz CT molecular complexity index is 186. The van der Waals surface area contributed by atoms with E-state index in [1.807, 2.05) is 0 Å². The molecule has 0 unspecified atom stereocenters. The summed E-state index contributed by atoms with van der Waals surface area (Å²) in [6.45, 7) is 9.65. The topological polar surface area (TPSA) is 21.3 Å². The van der Waals surface area contributed by atoms with Gasteiger partial charge in [-0.25, -0.2) is 0 Å². The summed E-state index contributed by atoms with van der Waals surface area (Å²) in [7, 11) is 0. The lowest BCUT2D eigenvalue weighted by Gasteiger charge is -2.29. The zero-order chi connectivity index (χ0) is 13.2. The molecule has 18 heavy (non-hydrogen) atoms. The molecule has 1 saturated carbocycles. The van der Waals surface area contributed by atoms with Crippen LogP contribution in [-0.4, -0.2) is 25.8 Å². The van der Waals surface area contributed by atoms with E-state index in [-0.39, 0.29) is 0 Å². The number of ether oxygens (including phenoxy) is 1. The second-order valence-electron chi connectivity index (χ2n) is 6.28. The number of hydrogen-bond acceptors (Lipinski definition) is 2. The van der Waals surface area contributed by atoms with Crippen LogP contribution in [0.3, 0.4) is 0 Å². The van der Waals surface area contributed by atoms with Gasteiger partial charge in [0, 0.05) is 19.3 Å². The van der Waals surface area contributed by atoms with Crippen molar-refractivity contribution in [2.24, 2.45) is 11.8 Å². The summed E-state index contributed by atoms with van der Waals surface area (Å²) in [5, 5.41) is 3.69. The predicted octanol–water partition coefficient (Wildman–Crippen LogP) is 4.00. The van der Waals surface area contributed by atoms with E-state index in [0.29, 0.717) is 5.92 Å². The number of hydrogen-bond donors (Lipinski definition) is 1.